The largest absolute Gasteiger partial charge is 0.366 e. The first-order valence-electron chi connectivity index (χ1n) is 6.05. The van der Waals surface area contributed by atoms with Crippen LogP contribution in [0.5, 0.6) is 0 Å². The Kier molecular flexibility index (Phi) is 2.90. The fraction of sp³-hybridized carbons (Fsp3) is 0.308. The van der Waals surface area contributed by atoms with E-state index in [1.165, 1.54) is 5.56 Å². The SMILES string of the molecule is Nc1nnc2c(n1)CCN(Cc1ccccc1)C2. The summed E-state index contributed by atoms with van der Waals surface area (Å²) in [4.78, 5) is 6.58. The fourth-order valence-electron chi connectivity index (χ4n) is 2.25. The van der Waals surface area contributed by atoms with Gasteiger partial charge in [-0.3, -0.25) is 4.90 Å². The fourth-order valence-corrected chi connectivity index (χ4v) is 2.25. The van der Waals surface area contributed by atoms with Crippen molar-refractivity contribution in [3.8, 4) is 0 Å². The van der Waals surface area contributed by atoms with Crippen LogP contribution in [0, 0.1) is 0 Å². The minimum Gasteiger partial charge on any atom is -0.366 e. The Morgan fingerprint density at radius 1 is 1.11 bits per heavy atom. The van der Waals surface area contributed by atoms with Gasteiger partial charge >= 0.3 is 0 Å². The summed E-state index contributed by atoms with van der Waals surface area (Å²) in [5.41, 5.74) is 8.80. The molecule has 0 spiro atoms. The molecule has 1 aromatic heterocycles. The molecule has 0 amide bonds. The van der Waals surface area contributed by atoms with Gasteiger partial charge in [-0.15, -0.1) is 10.2 Å². The standard InChI is InChI=1S/C13H15N5/c14-13-15-11-6-7-18(9-12(11)16-17-13)8-10-4-2-1-3-5-10/h1-5H,6-9H2,(H2,14,15,17). The monoisotopic (exact) mass is 241 g/mol. The van der Waals surface area contributed by atoms with E-state index in [9.17, 15) is 0 Å². The lowest BCUT2D eigenvalue weighted by atomic mass is 10.1. The zero-order chi connectivity index (χ0) is 12.4. The first-order valence-corrected chi connectivity index (χ1v) is 6.05. The van der Waals surface area contributed by atoms with E-state index >= 15 is 0 Å². The summed E-state index contributed by atoms with van der Waals surface area (Å²) in [7, 11) is 0. The molecule has 0 radical (unpaired) electrons. The Morgan fingerprint density at radius 2 is 1.94 bits per heavy atom. The van der Waals surface area contributed by atoms with Crippen LogP contribution in [-0.4, -0.2) is 26.6 Å². The summed E-state index contributed by atoms with van der Waals surface area (Å²) >= 11 is 0. The Labute approximate surface area is 106 Å². The van der Waals surface area contributed by atoms with Gasteiger partial charge < -0.3 is 5.73 Å². The van der Waals surface area contributed by atoms with E-state index in [1.807, 2.05) is 6.07 Å². The van der Waals surface area contributed by atoms with Crippen molar-refractivity contribution in [2.45, 2.75) is 19.5 Å². The van der Waals surface area contributed by atoms with Crippen LogP contribution in [0.1, 0.15) is 17.0 Å². The quantitative estimate of drug-likeness (QED) is 0.850. The van der Waals surface area contributed by atoms with Gasteiger partial charge in [0.2, 0.25) is 5.95 Å². The van der Waals surface area contributed by atoms with Crippen molar-refractivity contribution < 1.29 is 0 Å². The molecule has 92 valence electrons. The van der Waals surface area contributed by atoms with Gasteiger partial charge in [-0.2, -0.15) is 0 Å². The molecule has 3 rings (SSSR count). The number of anilines is 1. The first-order chi connectivity index (χ1) is 8.81. The third-order valence-electron chi connectivity index (χ3n) is 3.14. The summed E-state index contributed by atoms with van der Waals surface area (Å²) in [5.74, 6) is 0.269. The number of nitrogens with two attached hydrogens (primary N) is 1. The number of benzene rings is 1. The molecule has 1 aliphatic heterocycles. The van der Waals surface area contributed by atoms with Gasteiger partial charge in [0, 0.05) is 26.1 Å². The summed E-state index contributed by atoms with van der Waals surface area (Å²) in [6.07, 6.45) is 0.891. The van der Waals surface area contributed by atoms with Crippen molar-refractivity contribution in [1.82, 2.24) is 20.1 Å². The molecule has 0 bridgehead atoms. The van der Waals surface area contributed by atoms with Gasteiger partial charge in [0.25, 0.3) is 0 Å². The smallest absolute Gasteiger partial charge is 0.240 e. The van der Waals surface area contributed by atoms with Crippen molar-refractivity contribution in [2.75, 3.05) is 12.3 Å². The van der Waals surface area contributed by atoms with Crippen LogP contribution in [-0.2, 0) is 19.5 Å². The number of hydrogen-bond acceptors (Lipinski definition) is 5. The molecule has 0 atom stereocenters. The van der Waals surface area contributed by atoms with E-state index in [2.05, 4.69) is 44.3 Å². The van der Waals surface area contributed by atoms with E-state index in [0.29, 0.717) is 0 Å². The van der Waals surface area contributed by atoms with Gasteiger partial charge in [-0.25, -0.2) is 4.98 Å². The number of hydrogen-bond donors (Lipinski definition) is 1. The molecule has 1 aliphatic rings. The number of nitrogens with zero attached hydrogens (tertiary/aromatic N) is 4. The van der Waals surface area contributed by atoms with Crippen LogP contribution in [0.25, 0.3) is 0 Å². The molecule has 5 nitrogen and oxygen atoms in total. The molecule has 0 unspecified atom stereocenters. The van der Waals surface area contributed by atoms with Crippen LogP contribution in [0.2, 0.25) is 0 Å². The number of nitrogen functional groups attached to an aromatic ring is 1. The molecular formula is C13H15N5. The molecular weight excluding hydrogens is 226 g/mol. The lowest BCUT2D eigenvalue weighted by molar-refractivity contribution is 0.238. The molecule has 1 aromatic carbocycles. The van der Waals surface area contributed by atoms with Crippen molar-refractivity contribution in [2.24, 2.45) is 0 Å². The van der Waals surface area contributed by atoms with Crippen molar-refractivity contribution in [1.29, 1.82) is 0 Å². The van der Waals surface area contributed by atoms with Crippen LogP contribution >= 0.6 is 0 Å². The molecule has 0 fully saturated rings. The average Bonchev–Trinajstić information content (AvgIpc) is 2.40. The average molecular weight is 241 g/mol. The summed E-state index contributed by atoms with van der Waals surface area (Å²) in [5, 5.41) is 7.96. The first kappa shape index (κ1) is 11.1. The topological polar surface area (TPSA) is 67.9 Å². The maximum Gasteiger partial charge on any atom is 0.240 e. The second-order valence-corrected chi connectivity index (χ2v) is 4.51. The Balaban J connectivity index is 1.73. The lowest BCUT2D eigenvalue weighted by Crippen LogP contribution is -2.31. The summed E-state index contributed by atoms with van der Waals surface area (Å²) in [6, 6.07) is 10.4. The lowest BCUT2D eigenvalue weighted by Gasteiger charge is -2.26. The van der Waals surface area contributed by atoms with Crippen molar-refractivity contribution >= 4 is 5.95 Å². The number of fused-ring (bicyclic) bond motifs is 1. The van der Waals surface area contributed by atoms with Crippen molar-refractivity contribution in [3.05, 3.63) is 47.3 Å². The zero-order valence-electron chi connectivity index (χ0n) is 10.1. The highest BCUT2D eigenvalue weighted by Crippen LogP contribution is 2.17. The second-order valence-electron chi connectivity index (χ2n) is 4.51. The molecule has 0 saturated carbocycles. The van der Waals surface area contributed by atoms with Crippen molar-refractivity contribution in [3.63, 3.8) is 0 Å². The van der Waals surface area contributed by atoms with Gasteiger partial charge in [0.15, 0.2) is 0 Å². The Morgan fingerprint density at radius 3 is 2.78 bits per heavy atom. The van der Waals surface area contributed by atoms with Gasteiger partial charge in [0.1, 0.15) is 0 Å². The van der Waals surface area contributed by atoms with Gasteiger partial charge in [-0.1, -0.05) is 30.3 Å². The van der Waals surface area contributed by atoms with Gasteiger partial charge in [0.05, 0.1) is 11.4 Å². The predicted molar refractivity (Wildman–Crippen MR) is 68.5 cm³/mol. The minimum absolute atomic E-state index is 0.269. The van der Waals surface area contributed by atoms with Crippen LogP contribution in [0.4, 0.5) is 5.95 Å². The van der Waals surface area contributed by atoms with Crippen LogP contribution in [0.15, 0.2) is 30.3 Å². The molecule has 5 heteroatoms. The summed E-state index contributed by atoms with van der Waals surface area (Å²) in [6.45, 7) is 2.72. The molecule has 2 N–H and O–H groups in total. The van der Waals surface area contributed by atoms with E-state index in [1.54, 1.807) is 0 Å². The highest BCUT2D eigenvalue weighted by molar-refractivity contribution is 5.22. The third kappa shape index (κ3) is 2.31. The normalized spacial score (nSPS) is 15.3. The van der Waals surface area contributed by atoms with E-state index < -0.39 is 0 Å². The van der Waals surface area contributed by atoms with E-state index in [-0.39, 0.29) is 5.95 Å². The maximum atomic E-state index is 5.54. The zero-order valence-corrected chi connectivity index (χ0v) is 10.1. The van der Waals surface area contributed by atoms with Crippen LogP contribution < -0.4 is 5.73 Å². The number of aromatic nitrogens is 3. The highest BCUT2D eigenvalue weighted by Gasteiger charge is 2.19. The number of rotatable bonds is 2. The highest BCUT2D eigenvalue weighted by atomic mass is 15.2. The van der Waals surface area contributed by atoms with E-state index in [0.717, 1.165) is 37.4 Å². The van der Waals surface area contributed by atoms with Crippen LogP contribution in [0.3, 0.4) is 0 Å². The minimum atomic E-state index is 0.269. The second kappa shape index (κ2) is 4.70. The Hall–Kier alpha value is -2.01. The molecule has 2 aromatic rings. The maximum absolute atomic E-state index is 5.54. The molecule has 0 saturated heterocycles. The summed E-state index contributed by atoms with van der Waals surface area (Å²) < 4.78 is 0. The third-order valence-corrected chi connectivity index (χ3v) is 3.14. The molecule has 18 heavy (non-hydrogen) atoms. The molecule has 2 heterocycles. The van der Waals surface area contributed by atoms with Gasteiger partial charge in [-0.05, 0) is 5.56 Å². The predicted octanol–water partition coefficient (Wildman–Crippen LogP) is 1.01. The van der Waals surface area contributed by atoms with E-state index in [4.69, 9.17) is 5.73 Å². The Bertz CT molecular complexity index is 540. The molecule has 0 aliphatic carbocycles.